The summed E-state index contributed by atoms with van der Waals surface area (Å²) in [5.41, 5.74) is 0.963. The molecule has 0 aliphatic heterocycles. The summed E-state index contributed by atoms with van der Waals surface area (Å²) >= 11 is 0. The predicted octanol–water partition coefficient (Wildman–Crippen LogP) is 2.92. The van der Waals surface area contributed by atoms with Crippen molar-refractivity contribution in [1.29, 1.82) is 0 Å². The van der Waals surface area contributed by atoms with E-state index < -0.39 is 12.4 Å². The summed E-state index contributed by atoms with van der Waals surface area (Å²) in [5, 5.41) is 8.51. The summed E-state index contributed by atoms with van der Waals surface area (Å²) in [7, 11) is 1.88. The molecule has 100 valence electrons. The molecule has 0 aliphatic rings. The Morgan fingerprint density at radius 1 is 1.33 bits per heavy atom. The first kappa shape index (κ1) is 14.6. The van der Waals surface area contributed by atoms with E-state index in [1.54, 1.807) is 12.1 Å². The standard InChI is InChI=1S/C13H17F2NO2/c1-16(8-2-3-12(17)18)9-10-4-6-11(7-5-10)13(14)15/h4-7,13H,2-3,8-9H2,1H3,(H,17,18). The normalized spacial score (nSPS) is 11.2. The van der Waals surface area contributed by atoms with Gasteiger partial charge in [0.05, 0.1) is 0 Å². The lowest BCUT2D eigenvalue weighted by atomic mass is 10.1. The van der Waals surface area contributed by atoms with E-state index in [1.807, 2.05) is 11.9 Å². The maximum Gasteiger partial charge on any atom is 0.303 e. The Bertz CT molecular complexity index is 379. The largest absolute Gasteiger partial charge is 0.481 e. The molecule has 0 aliphatic carbocycles. The number of hydrogen-bond acceptors (Lipinski definition) is 2. The van der Waals surface area contributed by atoms with Crippen LogP contribution in [0.4, 0.5) is 8.78 Å². The smallest absolute Gasteiger partial charge is 0.303 e. The van der Waals surface area contributed by atoms with Crippen molar-refractivity contribution >= 4 is 5.97 Å². The van der Waals surface area contributed by atoms with Crippen molar-refractivity contribution in [2.24, 2.45) is 0 Å². The van der Waals surface area contributed by atoms with Gasteiger partial charge in [-0.1, -0.05) is 24.3 Å². The number of carbonyl (C=O) groups is 1. The molecule has 5 heteroatoms. The van der Waals surface area contributed by atoms with Crippen molar-refractivity contribution in [3.8, 4) is 0 Å². The highest BCUT2D eigenvalue weighted by Gasteiger charge is 2.07. The highest BCUT2D eigenvalue weighted by atomic mass is 19.3. The molecule has 1 rings (SSSR count). The van der Waals surface area contributed by atoms with Crippen LogP contribution in [0.15, 0.2) is 24.3 Å². The van der Waals surface area contributed by atoms with E-state index in [9.17, 15) is 13.6 Å². The number of carboxylic acids is 1. The average Bonchev–Trinajstić information content (AvgIpc) is 2.29. The molecule has 0 unspecified atom stereocenters. The molecule has 3 nitrogen and oxygen atoms in total. The van der Waals surface area contributed by atoms with Gasteiger partial charge in [-0.15, -0.1) is 0 Å². The second-order valence-corrected chi connectivity index (χ2v) is 4.28. The van der Waals surface area contributed by atoms with Crippen LogP contribution in [-0.4, -0.2) is 29.6 Å². The third-order valence-corrected chi connectivity index (χ3v) is 2.61. The van der Waals surface area contributed by atoms with Gasteiger partial charge in [0, 0.05) is 18.5 Å². The molecule has 0 radical (unpaired) electrons. The first-order valence-corrected chi connectivity index (χ1v) is 5.76. The van der Waals surface area contributed by atoms with Gasteiger partial charge in [-0.25, -0.2) is 8.78 Å². The van der Waals surface area contributed by atoms with Crippen molar-refractivity contribution < 1.29 is 18.7 Å². The highest BCUT2D eigenvalue weighted by Crippen LogP contribution is 2.19. The molecule has 0 fully saturated rings. The average molecular weight is 257 g/mol. The zero-order chi connectivity index (χ0) is 13.5. The van der Waals surface area contributed by atoms with Gasteiger partial charge in [0.15, 0.2) is 0 Å². The van der Waals surface area contributed by atoms with Crippen LogP contribution in [-0.2, 0) is 11.3 Å². The second kappa shape index (κ2) is 7.06. The number of benzene rings is 1. The number of aliphatic carboxylic acids is 1. The lowest BCUT2D eigenvalue weighted by Crippen LogP contribution is -2.19. The lowest BCUT2D eigenvalue weighted by molar-refractivity contribution is -0.137. The Kier molecular flexibility index (Phi) is 5.71. The summed E-state index contributed by atoms with van der Waals surface area (Å²) in [4.78, 5) is 12.3. The van der Waals surface area contributed by atoms with Crippen molar-refractivity contribution in [1.82, 2.24) is 4.90 Å². The highest BCUT2D eigenvalue weighted by molar-refractivity contribution is 5.66. The fourth-order valence-electron chi connectivity index (χ4n) is 1.66. The predicted molar refractivity (Wildman–Crippen MR) is 64.6 cm³/mol. The summed E-state index contributed by atoms with van der Waals surface area (Å²) in [6, 6.07) is 6.19. The van der Waals surface area contributed by atoms with Gasteiger partial charge in [0.2, 0.25) is 0 Å². The zero-order valence-corrected chi connectivity index (χ0v) is 10.3. The lowest BCUT2D eigenvalue weighted by Gasteiger charge is -2.16. The topological polar surface area (TPSA) is 40.5 Å². The van der Waals surface area contributed by atoms with Crippen LogP contribution in [0, 0.1) is 0 Å². The Morgan fingerprint density at radius 3 is 2.44 bits per heavy atom. The van der Waals surface area contributed by atoms with Gasteiger partial charge >= 0.3 is 5.97 Å². The number of halogens is 2. The first-order chi connectivity index (χ1) is 8.49. The van der Waals surface area contributed by atoms with Crippen molar-refractivity contribution in [3.63, 3.8) is 0 Å². The Balaban J connectivity index is 2.39. The maximum atomic E-state index is 12.3. The maximum absolute atomic E-state index is 12.3. The fraction of sp³-hybridized carbons (Fsp3) is 0.462. The monoisotopic (exact) mass is 257 g/mol. The van der Waals surface area contributed by atoms with Crippen LogP contribution in [0.5, 0.6) is 0 Å². The first-order valence-electron chi connectivity index (χ1n) is 5.76. The second-order valence-electron chi connectivity index (χ2n) is 4.28. The summed E-state index contributed by atoms with van der Waals surface area (Å²) in [6.07, 6.45) is -1.71. The molecule has 0 bridgehead atoms. The van der Waals surface area contributed by atoms with Crippen molar-refractivity contribution in [2.75, 3.05) is 13.6 Å². The molecule has 0 aromatic heterocycles. The number of rotatable bonds is 7. The van der Waals surface area contributed by atoms with Gasteiger partial charge in [0.25, 0.3) is 6.43 Å². The number of alkyl halides is 2. The minimum absolute atomic E-state index is 0.0206. The summed E-state index contributed by atoms with van der Waals surface area (Å²) < 4.78 is 24.7. The van der Waals surface area contributed by atoms with Gasteiger partial charge < -0.3 is 10.0 Å². The van der Waals surface area contributed by atoms with E-state index in [4.69, 9.17) is 5.11 Å². The van der Waals surface area contributed by atoms with E-state index in [0.29, 0.717) is 19.5 Å². The number of carboxylic acid groups (broad SMARTS) is 1. The molecule has 1 N–H and O–H groups in total. The van der Waals surface area contributed by atoms with E-state index in [-0.39, 0.29) is 12.0 Å². The molecule has 0 saturated heterocycles. The van der Waals surface area contributed by atoms with E-state index in [2.05, 4.69) is 0 Å². The summed E-state index contributed by atoms with van der Waals surface area (Å²) in [5.74, 6) is -0.801. The zero-order valence-electron chi connectivity index (χ0n) is 10.3. The summed E-state index contributed by atoms with van der Waals surface area (Å²) in [6.45, 7) is 1.30. The Labute approximate surface area is 105 Å². The third-order valence-electron chi connectivity index (χ3n) is 2.61. The van der Waals surface area contributed by atoms with Gasteiger partial charge in [-0.3, -0.25) is 4.79 Å². The minimum Gasteiger partial charge on any atom is -0.481 e. The Hall–Kier alpha value is -1.49. The minimum atomic E-state index is -2.44. The molecule has 0 heterocycles. The van der Waals surface area contributed by atoms with Crippen LogP contribution in [0.1, 0.15) is 30.4 Å². The quantitative estimate of drug-likeness (QED) is 0.816. The van der Waals surface area contributed by atoms with Crippen LogP contribution in [0.2, 0.25) is 0 Å². The Morgan fingerprint density at radius 2 is 1.94 bits per heavy atom. The molecule has 1 aromatic rings. The molecular weight excluding hydrogens is 240 g/mol. The van der Waals surface area contributed by atoms with Gasteiger partial charge in [-0.2, -0.15) is 0 Å². The van der Waals surface area contributed by atoms with Crippen LogP contribution in [0.25, 0.3) is 0 Å². The van der Waals surface area contributed by atoms with Crippen LogP contribution < -0.4 is 0 Å². The molecular formula is C13H17F2NO2. The van der Waals surface area contributed by atoms with Gasteiger partial charge in [0.1, 0.15) is 0 Å². The number of hydrogen-bond donors (Lipinski definition) is 1. The molecule has 0 saturated carbocycles. The molecule has 0 spiro atoms. The van der Waals surface area contributed by atoms with Crippen LogP contribution >= 0.6 is 0 Å². The number of nitrogens with zero attached hydrogens (tertiary/aromatic N) is 1. The van der Waals surface area contributed by atoms with Crippen LogP contribution in [0.3, 0.4) is 0 Å². The van der Waals surface area contributed by atoms with E-state index in [0.717, 1.165) is 5.56 Å². The van der Waals surface area contributed by atoms with E-state index in [1.165, 1.54) is 12.1 Å². The molecule has 1 aromatic carbocycles. The molecule has 0 amide bonds. The van der Waals surface area contributed by atoms with E-state index >= 15 is 0 Å². The van der Waals surface area contributed by atoms with Crippen molar-refractivity contribution in [2.45, 2.75) is 25.8 Å². The molecule has 0 atom stereocenters. The third kappa shape index (κ3) is 5.23. The van der Waals surface area contributed by atoms with Crippen molar-refractivity contribution in [3.05, 3.63) is 35.4 Å². The fourth-order valence-corrected chi connectivity index (χ4v) is 1.66. The SMILES string of the molecule is CN(CCCC(=O)O)Cc1ccc(C(F)F)cc1. The van der Waals surface area contributed by atoms with Gasteiger partial charge in [-0.05, 0) is 25.6 Å². The molecule has 18 heavy (non-hydrogen) atoms.